The number of hydrazone groups is 1. The van der Waals surface area contributed by atoms with Crippen LogP contribution in [0, 0.1) is 23.2 Å². The van der Waals surface area contributed by atoms with Gasteiger partial charge in [0.15, 0.2) is 0 Å². The second-order valence-electron chi connectivity index (χ2n) is 16.1. The van der Waals surface area contributed by atoms with E-state index in [1.165, 1.54) is 6.42 Å². The van der Waals surface area contributed by atoms with Gasteiger partial charge in [-0.1, -0.05) is 115 Å². The van der Waals surface area contributed by atoms with E-state index in [-0.39, 0.29) is 24.4 Å². The number of urea groups is 1. The van der Waals surface area contributed by atoms with E-state index in [4.69, 9.17) is 5.73 Å². The standard InChI is InChI=1S/C28H49N7O5.2C4H10.C3H8/c1-6-8-14-34(7-2)22(36)18-30-27(40)32-24(28(3,4)5)26(39)35-15-10-13-20(35)17-31-33-21(23(37)25(29)38)16-19-11-9-12-19;2*1-4(2)3;1-3-2/h17,19-21,24,33H,6-16,18H2,1-5H3,(H2,29,38)(H2,30,32,40);2*4H,1-3H3;3H2,1-2H3. The summed E-state index contributed by atoms with van der Waals surface area (Å²) in [5.41, 5.74) is 7.43. The van der Waals surface area contributed by atoms with E-state index in [1.54, 1.807) is 16.0 Å². The number of ketones is 1. The molecule has 1 saturated carbocycles. The average Bonchev–Trinajstić information content (AvgIpc) is 3.47. The van der Waals surface area contributed by atoms with Gasteiger partial charge in [0.25, 0.3) is 5.91 Å². The molecule has 51 heavy (non-hydrogen) atoms. The Kier molecular flexibility index (Phi) is 26.9. The Labute approximate surface area is 311 Å². The first-order valence-electron chi connectivity index (χ1n) is 19.5. The van der Waals surface area contributed by atoms with E-state index in [9.17, 15) is 24.0 Å². The molecule has 3 atom stereocenters. The molecule has 2 aliphatic rings. The molecule has 5 amide bonds. The van der Waals surface area contributed by atoms with E-state index in [2.05, 4.69) is 83.5 Å². The van der Waals surface area contributed by atoms with Crippen molar-refractivity contribution >= 4 is 35.8 Å². The van der Waals surface area contributed by atoms with Gasteiger partial charge in [0.2, 0.25) is 17.6 Å². The summed E-state index contributed by atoms with van der Waals surface area (Å²) in [4.78, 5) is 66.0. The Morgan fingerprint density at radius 2 is 1.47 bits per heavy atom. The maximum Gasteiger partial charge on any atom is 0.315 e. The second-order valence-corrected chi connectivity index (χ2v) is 16.1. The highest BCUT2D eigenvalue weighted by molar-refractivity contribution is 6.37. The minimum Gasteiger partial charge on any atom is -0.363 e. The van der Waals surface area contributed by atoms with Crippen molar-refractivity contribution in [2.45, 2.75) is 166 Å². The Hall–Kier alpha value is -3.18. The topological polar surface area (TPSA) is 166 Å². The molecule has 5 N–H and O–H groups in total. The first-order chi connectivity index (χ1) is 23.8. The number of primary amides is 1. The third-order valence-electron chi connectivity index (χ3n) is 7.72. The Morgan fingerprint density at radius 1 is 0.922 bits per heavy atom. The Bertz CT molecular complexity index is 1030. The summed E-state index contributed by atoms with van der Waals surface area (Å²) in [7, 11) is 0. The molecule has 1 aliphatic heterocycles. The lowest BCUT2D eigenvalue weighted by Gasteiger charge is -2.35. The molecule has 0 bridgehead atoms. The largest absolute Gasteiger partial charge is 0.363 e. The highest BCUT2D eigenvalue weighted by Crippen LogP contribution is 2.30. The fourth-order valence-corrected chi connectivity index (χ4v) is 4.96. The van der Waals surface area contributed by atoms with Crippen LogP contribution in [0.25, 0.3) is 0 Å². The predicted octanol–water partition coefficient (Wildman–Crippen LogP) is 6.27. The molecule has 12 nitrogen and oxygen atoms in total. The van der Waals surface area contributed by atoms with Crippen LogP contribution in [0.2, 0.25) is 0 Å². The summed E-state index contributed by atoms with van der Waals surface area (Å²) in [6.45, 7) is 28.4. The molecule has 0 aromatic rings. The van der Waals surface area contributed by atoms with Crippen molar-refractivity contribution in [3.63, 3.8) is 0 Å². The minimum absolute atomic E-state index is 0.148. The lowest BCUT2D eigenvalue weighted by Crippen LogP contribution is -2.58. The van der Waals surface area contributed by atoms with Crippen LogP contribution in [0.3, 0.4) is 0 Å². The van der Waals surface area contributed by atoms with Gasteiger partial charge in [-0.2, -0.15) is 5.10 Å². The number of Topliss-reactive ketones (excluding diaryl/α,β-unsaturated/α-hetero) is 1. The summed E-state index contributed by atoms with van der Waals surface area (Å²) in [6.07, 6.45) is 9.76. The number of carbonyl (C=O) groups is 5. The van der Waals surface area contributed by atoms with Gasteiger partial charge in [-0.05, 0) is 55.8 Å². The molecule has 0 radical (unpaired) electrons. The van der Waals surface area contributed by atoms with Crippen molar-refractivity contribution < 1.29 is 24.0 Å². The van der Waals surface area contributed by atoms with Gasteiger partial charge >= 0.3 is 6.03 Å². The predicted molar refractivity (Wildman–Crippen MR) is 210 cm³/mol. The number of nitrogens with one attached hydrogen (secondary N) is 3. The summed E-state index contributed by atoms with van der Waals surface area (Å²) < 4.78 is 0. The molecule has 12 heteroatoms. The van der Waals surface area contributed by atoms with E-state index in [1.807, 2.05) is 27.7 Å². The monoisotopic (exact) mass is 724 g/mol. The SMILES string of the molecule is CC(C)C.CC(C)C.CCC.CCCCN(CC)C(=O)CNC(=O)NC(C(=O)N1CCCC1C=NNC(CC1CCC1)C(=O)C(N)=O)C(C)(C)C. The number of likely N-dealkylation sites (N-methyl/N-ethyl adjacent to an activating group) is 1. The molecule has 0 spiro atoms. The molecule has 2 rings (SSSR count). The van der Waals surface area contributed by atoms with Crippen molar-refractivity contribution in [2.24, 2.45) is 34.0 Å². The Balaban J connectivity index is 0. The van der Waals surface area contributed by atoms with E-state index >= 15 is 0 Å². The molecule has 298 valence electrons. The zero-order valence-corrected chi connectivity index (χ0v) is 34.7. The zero-order chi connectivity index (χ0) is 39.7. The van der Waals surface area contributed by atoms with Gasteiger partial charge in [0, 0.05) is 25.8 Å². The quantitative estimate of drug-likeness (QED) is 0.0883. The third kappa shape index (κ3) is 23.1. The summed E-state index contributed by atoms with van der Waals surface area (Å²) in [5, 5.41) is 9.62. The van der Waals surface area contributed by atoms with Crippen molar-refractivity contribution in [3.05, 3.63) is 0 Å². The molecular weight excluding hydrogens is 646 g/mol. The van der Waals surface area contributed by atoms with Gasteiger partial charge < -0.3 is 26.2 Å². The number of unbranched alkanes of at least 4 members (excludes halogenated alkanes) is 1. The maximum absolute atomic E-state index is 13.6. The molecule has 0 aromatic heterocycles. The highest BCUT2D eigenvalue weighted by Gasteiger charge is 2.39. The van der Waals surface area contributed by atoms with E-state index < -0.39 is 35.2 Å². The molecule has 2 fully saturated rings. The van der Waals surface area contributed by atoms with Crippen LogP contribution in [0.5, 0.6) is 0 Å². The number of hydrogen-bond donors (Lipinski definition) is 4. The highest BCUT2D eigenvalue weighted by atomic mass is 16.2. The van der Waals surface area contributed by atoms with Crippen LogP contribution in [-0.2, 0) is 19.2 Å². The molecular formula is C39H77N7O5. The number of nitrogens with two attached hydrogens (primary N) is 1. The van der Waals surface area contributed by atoms with Gasteiger partial charge in [0.05, 0.1) is 12.6 Å². The summed E-state index contributed by atoms with van der Waals surface area (Å²) in [5.74, 6) is -0.0785. The van der Waals surface area contributed by atoms with E-state index in [0.29, 0.717) is 38.4 Å². The van der Waals surface area contributed by atoms with Crippen LogP contribution in [-0.4, -0.2) is 89.9 Å². The maximum atomic E-state index is 13.6. The number of carbonyl (C=O) groups excluding carboxylic acids is 5. The normalized spacial score (nSPS) is 16.7. The number of nitrogens with zero attached hydrogens (tertiary/aromatic N) is 3. The number of likely N-dealkylation sites (tertiary alicyclic amines) is 1. The fourth-order valence-electron chi connectivity index (χ4n) is 4.96. The Morgan fingerprint density at radius 3 is 1.90 bits per heavy atom. The van der Waals surface area contributed by atoms with Gasteiger partial charge in [-0.3, -0.25) is 24.6 Å². The second kappa shape index (κ2) is 27.5. The lowest BCUT2D eigenvalue weighted by molar-refractivity contribution is -0.137. The first kappa shape index (κ1) is 49.9. The van der Waals surface area contributed by atoms with Crippen molar-refractivity contribution in [2.75, 3.05) is 26.2 Å². The van der Waals surface area contributed by atoms with Crippen molar-refractivity contribution in [1.82, 2.24) is 25.9 Å². The van der Waals surface area contributed by atoms with Crippen LogP contribution in [0.1, 0.15) is 148 Å². The van der Waals surface area contributed by atoms with Crippen LogP contribution < -0.4 is 21.8 Å². The molecule has 0 aromatic carbocycles. The average molecular weight is 724 g/mol. The molecule has 3 unspecified atom stereocenters. The van der Waals surface area contributed by atoms with Crippen LogP contribution >= 0.6 is 0 Å². The van der Waals surface area contributed by atoms with Gasteiger partial charge in [-0.25, -0.2) is 4.79 Å². The van der Waals surface area contributed by atoms with E-state index in [0.717, 1.165) is 50.4 Å². The minimum atomic E-state index is -0.993. The fraction of sp³-hybridized carbons (Fsp3) is 0.846. The zero-order valence-electron chi connectivity index (χ0n) is 34.7. The molecule has 1 heterocycles. The number of amides is 5. The molecule has 1 saturated heterocycles. The lowest BCUT2D eigenvalue weighted by atomic mass is 9.80. The van der Waals surface area contributed by atoms with Crippen molar-refractivity contribution in [1.29, 1.82) is 0 Å². The smallest absolute Gasteiger partial charge is 0.315 e. The summed E-state index contributed by atoms with van der Waals surface area (Å²) in [6, 6.07) is -2.54. The number of rotatable bonds is 15. The first-order valence-corrected chi connectivity index (χ1v) is 19.5. The van der Waals surface area contributed by atoms with Gasteiger partial charge in [-0.15, -0.1) is 0 Å². The van der Waals surface area contributed by atoms with Gasteiger partial charge in [0.1, 0.15) is 12.1 Å². The summed E-state index contributed by atoms with van der Waals surface area (Å²) >= 11 is 0. The number of hydrogen-bond acceptors (Lipinski definition) is 7. The third-order valence-corrected chi connectivity index (χ3v) is 7.72. The van der Waals surface area contributed by atoms with Crippen LogP contribution in [0.15, 0.2) is 5.10 Å². The molecule has 1 aliphatic carbocycles. The van der Waals surface area contributed by atoms with Crippen molar-refractivity contribution in [3.8, 4) is 0 Å². The van der Waals surface area contributed by atoms with Crippen LogP contribution in [0.4, 0.5) is 4.79 Å².